The topological polar surface area (TPSA) is 47.3 Å². The van der Waals surface area contributed by atoms with Crippen LogP contribution in [-0.2, 0) is 10.9 Å². The lowest BCUT2D eigenvalue weighted by atomic mass is 10.1. The van der Waals surface area contributed by atoms with Gasteiger partial charge in [0.05, 0.1) is 12.2 Å². The van der Waals surface area contributed by atoms with E-state index in [1.165, 1.54) is 13.2 Å². The van der Waals surface area contributed by atoms with Gasteiger partial charge in [-0.3, -0.25) is 0 Å². The summed E-state index contributed by atoms with van der Waals surface area (Å²) in [5.74, 6) is 0. The third kappa shape index (κ3) is 5.56. The molecule has 3 nitrogen and oxygen atoms in total. The number of anilines is 1. The van der Waals surface area contributed by atoms with E-state index in [1.807, 2.05) is 0 Å². The van der Waals surface area contributed by atoms with E-state index < -0.39 is 11.7 Å². The second kappa shape index (κ2) is 7.71. The fourth-order valence-corrected chi connectivity index (χ4v) is 2.07. The molecule has 0 heterocycles. The molecule has 1 aromatic carbocycles. The molecule has 7 heteroatoms. The van der Waals surface area contributed by atoms with E-state index in [-0.39, 0.29) is 11.1 Å². The average Bonchev–Trinajstić information content (AvgIpc) is 2.34. The first-order valence-corrected chi connectivity index (χ1v) is 6.58. The molecule has 1 atom stereocenters. The van der Waals surface area contributed by atoms with E-state index in [4.69, 9.17) is 22.1 Å². The van der Waals surface area contributed by atoms with Crippen LogP contribution in [0.5, 0.6) is 0 Å². The van der Waals surface area contributed by atoms with Crippen molar-refractivity contribution in [2.75, 3.05) is 25.6 Å². The molecule has 0 aromatic heterocycles. The zero-order valence-corrected chi connectivity index (χ0v) is 11.9. The third-order valence-electron chi connectivity index (χ3n) is 2.72. The molecular formula is C13H18ClF3N2O. The van der Waals surface area contributed by atoms with Crippen LogP contribution in [-0.4, -0.2) is 26.3 Å². The van der Waals surface area contributed by atoms with Gasteiger partial charge in [0, 0.05) is 23.9 Å². The molecule has 0 amide bonds. The monoisotopic (exact) mass is 310 g/mol. The van der Waals surface area contributed by atoms with E-state index in [2.05, 4.69) is 5.32 Å². The molecule has 0 saturated heterocycles. The summed E-state index contributed by atoms with van der Waals surface area (Å²) < 4.78 is 43.2. The molecular weight excluding hydrogens is 293 g/mol. The molecule has 20 heavy (non-hydrogen) atoms. The van der Waals surface area contributed by atoms with Crippen molar-refractivity contribution in [2.24, 2.45) is 5.73 Å². The van der Waals surface area contributed by atoms with Crippen molar-refractivity contribution in [2.45, 2.75) is 25.1 Å². The van der Waals surface area contributed by atoms with Crippen LogP contribution in [0.4, 0.5) is 18.9 Å². The van der Waals surface area contributed by atoms with Gasteiger partial charge >= 0.3 is 6.18 Å². The maximum Gasteiger partial charge on any atom is 0.416 e. The summed E-state index contributed by atoms with van der Waals surface area (Å²) in [4.78, 5) is 0. The third-order valence-corrected chi connectivity index (χ3v) is 2.94. The normalized spacial score (nSPS) is 13.3. The van der Waals surface area contributed by atoms with Crippen molar-refractivity contribution in [3.8, 4) is 0 Å². The van der Waals surface area contributed by atoms with Gasteiger partial charge in [-0.1, -0.05) is 11.6 Å². The van der Waals surface area contributed by atoms with Crippen molar-refractivity contribution in [3.05, 3.63) is 28.8 Å². The van der Waals surface area contributed by atoms with E-state index >= 15 is 0 Å². The molecule has 0 spiro atoms. The SMILES string of the molecule is COCC(CCCN)Nc1cc(Cl)cc(C(F)(F)F)c1. The number of halogens is 4. The Balaban J connectivity index is 2.86. The summed E-state index contributed by atoms with van der Waals surface area (Å²) in [6, 6.07) is 3.29. The van der Waals surface area contributed by atoms with Crippen molar-refractivity contribution in [3.63, 3.8) is 0 Å². The standard InChI is InChI=1S/C13H18ClF3N2O/c1-20-8-11(3-2-4-18)19-12-6-9(13(15,16)17)5-10(14)7-12/h5-7,11,19H,2-4,8,18H2,1H3. The van der Waals surface area contributed by atoms with Gasteiger partial charge in [0.2, 0.25) is 0 Å². The fraction of sp³-hybridized carbons (Fsp3) is 0.538. The predicted molar refractivity (Wildman–Crippen MR) is 74.0 cm³/mol. The van der Waals surface area contributed by atoms with Gasteiger partial charge in [0.25, 0.3) is 0 Å². The van der Waals surface area contributed by atoms with Crippen LogP contribution in [0, 0.1) is 0 Å². The van der Waals surface area contributed by atoms with Crippen LogP contribution < -0.4 is 11.1 Å². The predicted octanol–water partition coefficient (Wildman–Crippen LogP) is 3.52. The Morgan fingerprint density at radius 3 is 2.60 bits per heavy atom. The number of nitrogens with two attached hydrogens (primary N) is 1. The summed E-state index contributed by atoms with van der Waals surface area (Å²) in [5, 5.41) is 3.04. The number of alkyl halides is 3. The molecule has 1 rings (SSSR count). The summed E-state index contributed by atoms with van der Waals surface area (Å²) in [5.41, 5.74) is 4.98. The minimum Gasteiger partial charge on any atom is -0.383 e. The molecule has 1 unspecified atom stereocenters. The van der Waals surface area contributed by atoms with E-state index in [9.17, 15) is 13.2 Å². The van der Waals surface area contributed by atoms with Crippen LogP contribution in [0.3, 0.4) is 0 Å². The smallest absolute Gasteiger partial charge is 0.383 e. The van der Waals surface area contributed by atoms with Crippen molar-refractivity contribution < 1.29 is 17.9 Å². The number of benzene rings is 1. The molecule has 0 aliphatic carbocycles. The Labute approximate surface area is 121 Å². The lowest BCUT2D eigenvalue weighted by Crippen LogP contribution is -2.26. The number of hydrogen-bond donors (Lipinski definition) is 2. The van der Waals surface area contributed by atoms with Gasteiger partial charge in [-0.2, -0.15) is 13.2 Å². The highest BCUT2D eigenvalue weighted by molar-refractivity contribution is 6.30. The Hall–Kier alpha value is -0.980. The van der Waals surface area contributed by atoms with Gasteiger partial charge < -0.3 is 15.8 Å². The maximum atomic E-state index is 12.7. The molecule has 0 bridgehead atoms. The summed E-state index contributed by atoms with van der Waals surface area (Å²) in [6.45, 7) is 0.902. The Kier molecular flexibility index (Phi) is 6.58. The second-order valence-electron chi connectivity index (χ2n) is 4.45. The highest BCUT2D eigenvalue weighted by atomic mass is 35.5. The van der Waals surface area contributed by atoms with Crippen LogP contribution in [0.15, 0.2) is 18.2 Å². The lowest BCUT2D eigenvalue weighted by Gasteiger charge is -2.20. The van der Waals surface area contributed by atoms with Gasteiger partial charge in [0.15, 0.2) is 0 Å². The largest absolute Gasteiger partial charge is 0.416 e. The summed E-state index contributed by atoms with van der Waals surface area (Å²) in [7, 11) is 1.54. The molecule has 1 aromatic rings. The molecule has 0 saturated carbocycles. The van der Waals surface area contributed by atoms with Gasteiger partial charge in [-0.05, 0) is 37.6 Å². The first-order valence-electron chi connectivity index (χ1n) is 6.20. The Morgan fingerprint density at radius 1 is 1.35 bits per heavy atom. The average molecular weight is 311 g/mol. The first kappa shape index (κ1) is 17.1. The van der Waals surface area contributed by atoms with Crippen LogP contribution in [0.1, 0.15) is 18.4 Å². The quantitative estimate of drug-likeness (QED) is 0.810. The minimum absolute atomic E-state index is 0.0392. The number of hydrogen-bond acceptors (Lipinski definition) is 3. The van der Waals surface area contributed by atoms with Crippen molar-refractivity contribution in [1.29, 1.82) is 0 Å². The van der Waals surface area contributed by atoms with Gasteiger partial charge in [0.1, 0.15) is 0 Å². The summed E-state index contributed by atoms with van der Waals surface area (Å²) >= 11 is 5.73. The van der Waals surface area contributed by atoms with E-state index in [0.29, 0.717) is 25.3 Å². The van der Waals surface area contributed by atoms with Gasteiger partial charge in [-0.25, -0.2) is 0 Å². The van der Waals surface area contributed by atoms with Crippen molar-refractivity contribution >= 4 is 17.3 Å². The van der Waals surface area contributed by atoms with Crippen LogP contribution in [0.2, 0.25) is 5.02 Å². The molecule has 3 N–H and O–H groups in total. The zero-order valence-electron chi connectivity index (χ0n) is 11.1. The molecule has 0 aliphatic rings. The molecule has 0 fully saturated rings. The van der Waals surface area contributed by atoms with E-state index in [1.54, 1.807) is 0 Å². The van der Waals surface area contributed by atoms with Crippen molar-refractivity contribution in [1.82, 2.24) is 0 Å². The van der Waals surface area contributed by atoms with Crippen LogP contribution >= 0.6 is 11.6 Å². The summed E-state index contributed by atoms with van der Waals surface area (Å²) in [6.07, 6.45) is -2.96. The number of rotatable bonds is 7. The molecule has 0 radical (unpaired) electrons. The number of ether oxygens (including phenoxy) is 1. The van der Waals surface area contributed by atoms with E-state index in [0.717, 1.165) is 18.6 Å². The fourth-order valence-electron chi connectivity index (χ4n) is 1.83. The zero-order chi connectivity index (χ0) is 15.2. The molecule has 0 aliphatic heterocycles. The Bertz CT molecular complexity index is 427. The maximum absolute atomic E-state index is 12.7. The highest BCUT2D eigenvalue weighted by Crippen LogP contribution is 2.33. The number of methoxy groups -OCH3 is 1. The van der Waals surface area contributed by atoms with Crippen LogP contribution in [0.25, 0.3) is 0 Å². The Morgan fingerprint density at radius 2 is 2.05 bits per heavy atom. The second-order valence-corrected chi connectivity index (χ2v) is 4.89. The lowest BCUT2D eigenvalue weighted by molar-refractivity contribution is -0.137. The minimum atomic E-state index is -4.42. The first-order chi connectivity index (χ1) is 9.36. The van der Waals surface area contributed by atoms with Gasteiger partial charge in [-0.15, -0.1) is 0 Å². The number of nitrogens with one attached hydrogen (secondary N) is 1. The highest BCUT2D eigenvalue weighted by Gasteiger charge is 2.31. The molecule has 114 valence electrons.